The number of halogens is 3. The fourth-order valence-electron chi connectivity index (χ4n) is 1.81. The first-order valence-corrected chi connectivity index (χ1v) is 5.47. The largest absolute Gasteiger partial charge is 0.312 e. The Hall–Kier alpha value is -0.670. The van der Waals surface area contributed by atoms with Gasteiger partial charge in [-0.2, -0.15) is 0 Å². The molecule has 0 radical (unpaired) electrons. The molecule has 16 heavy (non-hydrogen) atoms. The van der Waals surface area contributed by atoms with Crippen molar-refractivity contribution in [2.24, 2.45) is 5.41 Å². The SMILES string of the molecule is CNC(c1cc(F)c(Cl)cc1F)C(C)(C)C. The van der Waals surface area contributed by atoms with Crippen LogP contribution in [0, 0.1) is 17.0 Å². The third-order valence-corrected chi connectivity index (χ3v) is 2.79. The van der Waals surface area contributed by atoms with Crippen molar-refractivity contribution in [1.29, 1.82) is 0 Å². The van der Waals surface area contributed by atoms with E-state index in [4.69, 9.17) is 11.6 Å². The molecule has 1 aromatic carbocycles. The normalized spacial score (nSPS) is 13.9. The Bertz CT molecular complexity index is 385. The summed E-state index contributed by atoms with van der Waals surface area (Å²) in [6, 6.07) is 1.91. The van der Waals surface area contributed by atoms with E-state index in [0.29, 0.717) is 5.56 Å². The van der Waals surface area contributed by atoms with Crippen LogP contribution in [0.25, 0.3) is 0 Å². The molecule has 1 N–H and O–H groups in total. The molecule has 0 amide bonds. The van der Waals surface area contributed by atoms with E-state index in [-0.39, 0.29) is 16.5 Å². The number of benzene rings is 1. The second-order valence-electron chi connectivity index (χ2n) is 4.88. The van der Waals surface area contributed by atoms with E-state index in [1.54, 1.807) is 7.05 Å². The highest BCUT2D eigenvalue weighted by atomic mass is 35.5. The van der Waals surface area contributed by atoms with E-state index in [1.165, 1.54) is 0 Å². The van der Waals surface area contributed by atoms with Gasteiger partial charge in [-0.1, -0.05) is 32.4 Å². The molecule has 0 aromatic heterocycles. The standard InChI is InChI=1S/C12H16ClF2N/c1-12(2,3)11(16-4)7-5-10(15)8(13)6-9(7)14/h5-6,11,16H,1-4H3. The van der Waals surface area contributed by atoms with Gasteiger partial charge in [-0.05, 0) is 24.6 Å². The minimum Gasteiger partial charge on any atom is -0.312 e. The maximum Gasteiger partial charge on any atom is 0.142 e. The molecule has 1 unspecified atom stereocenters. The predicted octanol–water partition coefficient (Wildman–Crippen LogP) is 3.92. The molecule has 90 valence electrons. The van der Waals surface area contributed by atoms with Gasteiger partial charge in [0.25, 0.3) is 0 Å². The topological polar surface area (TPSA) is 12.0 Å². The van der Waals surface area contributed by atoms with Crippen molar-refractivity contribution in [3.8, 4) is 0 Å². The zero-order valence-corrected chi connectivity index (χ0v) is 10.6. The maximum atomic E-state index is 13.7. The van der Waals surface area contributed by atoms with Crippen molar-refractivity contribution in [2.75, 3.05) is 7.05 Å². The first-order chi connectivity index (χ1) is 7.27. The fourth-order valence-corrected chi connectivity index (χ4v) is 1.96. The highest BCUT2D eigenvalue weighted by Gasteiger charge is 2.27. The summed E-state index contributed by atoms with van der Waals surface area (Å²) in [6.07, 6.45) is 0. The van der Waals surface area contributed by atoms with Gasteiger partial charge in [0.1, 0.15) is 11.6 Å². The minimum absolute atomic E-state index is 0.190. The average molecular weight is 248 g/mol. The monoisotopic (exact) mass is 247 g/mol. The quantitative estimate of drug-likeness (QED) is 0.781. The summed E-state index contributed by atoms with van der Waals surface area (Å²) in [5, 5.41) is 2.81. The van der Waals surface area contributed by atoms with Crippen molar-refractivity contribution in [3.63, 3.8) is 0 Å². The van der Waals surface area contributed by atoms with Gasteiger partial charge in [-0.25, -0.2) is 8.78 Å². The summed E-state index contributed by atoms with van der Waals surface area (Å²) in [4.78, 5) is 0. The molecular formula is C12H16ClF2N. The minimum atomic E-state index is -0.595. The zero-order valence-electron chi connectivity index (χ0n) is 9.87. The molecule has 0 aliphatic rings. The molecular weight excluding hydrogens is 232 g/mol. The third kappa shape index (κ3) is 2.71. The van der Waals surface area contributed by atoms with Crippen molar-refractivity contribution >= 4 is 11.6 Å². The molecule has 0 saturated carbocycles. The van der Waals surface area contributed by atoms with Gasteiger partial charge in [0.2, 0.25) is 0 Å². The van der Waals surface area contributed by atoms with Gasteiger partial charge in [0.15, 0.2) is 0 Å². The molecule has 1 aromatic rings. The summed E-state index contributed by atoms with van der Waals surface area (Å²) in [5.41, 5.74) is 0.0902. The molecule has 0 aliphatic carbocycles. The average Bonchev–Trinajstić information content (AvgIpc) is 2.12. The Morgan fingerprint density at radius 2 is 1.75 bits per heavy atom. The van der Waals surface area contributed by atoms with E-state index in [2.05, 4.69) is 5.32 Å². The van der Waals surface area contributed by atoms with Crippen LogP contribution in [-0.2, 0) is 0 Å². The second kappa shape index (κ2) is 4.68. The van der Waals surface area contributed by atoms with Gasteiger partial charge in [0, 0.05) is 11.6 Å². The molecule has 0 fully saturated rings. The Morgan fingerprint density at radius 3 is 2.19 bits per heavy atom. The molecule has 0 spiro atoms. The van der Waals surface area contributed by atoms with Crippen LogP contribution in [0.3, 0.4) is 0 Å². The van der Waals surface area contributed by atoms with Crippen LogP contribution in [0.5, 0.6) is 0 Å². The number of hydrogen-bond acceptors (Lipinski definition) is 1. The molecule has 0 aliphatic heterocycles. The van der Waals surface area contributed by atoms with Gasteiger partial charge in [-0.15, -0.1) is 0 Å². The summed E-state index contributed by atoms with van der Waals surface area (Å²) in [7, 11) is 1.72. The Labute approximate surface area is 99.8 Å². The highest BCUT2D eigenvalue weighted by Crippen LogP contribution is 2.35. The Morgan fingerprint density at radius 1 is 1.19 bits per heavy atom. The van der Waals surface area contributed by atoms with E-state index < -0.39 is 11.6 Å². The van der Waals surface area contributed by atoms with E-state index >= 15 is 0 Å². The maximum absolute atomic E-state index is 13.7. The first kappa shape index (κ1) is 13.4. The lowest BCUT2D eigenvalue weighted by molar-refractivity contribution is 0.279. The van der Waals surface area contributed by atoms with Crippen molar-refractivity contribution in [2.45, 2.75) is 26.8 Å². The van der Waals surface area contributed by atoms with E-state index in [0.717, 1.165) is 12.1 Å². The molecule has 4 heteroatoms. The van der Waals surface area contributed by atoms with Crippen LogP contribution in [0.2, 0.25) is 5.02 Å². The summed E-state index contributed by atoms with van der Waals surface area (Å²) in [5.74, 6) is -1.08. The van der Waals surface area contributed by atoms with Gasteiger partial charge in [0.05, 0.1) is 5.02 Å². The first-order valence-electron chi connectivity index (χ1n) is 5.09. The van der Waals surface area contributed by atoms with Crippen LogP contribution in [0.1, 0.15) is 32.4 Å². The smallest absolute Gasteiger partial charge is 0.142 e. The van der Waals surface area contributed by atoms with Crippen LogP contribution in [0.15, 0.2) is 12.1 Å². The third-order valence-electron chi connectivity index (χ3n) is 2.51. The Balaban J connectivity index is 3.26. The van der Waals surface area contributed by atoms with Gasteiger partial charge >= 0.3 is 0 Å². The summed E-state index contributed by atoms with van der Waals surface area (Å²) in [6.45, 7) is 5.88. The zero-order chi connectivity index (χ0) is 12.5. The van der Waals surface area contributed by atoms with Gasteiger partial charge in [-0.3, -0.25) is 0 Å². The molecule has 0 bridgehead atoms. The van der Waals surface area contributed by atoms with E-state index in [1.807, 2.05) is 20.8 Å². The lowest BCUT2D eigenvalue weighted by atomic mass is 9.82. The highest BCUT2D eigenvalue weighted by molar-refractivity contribution is 6.30. The van der Waals surface area contributed by atoms with Crippen LogP contribution in [0.4, 0.5) is 8.78 Å². The summed E-state index contributed by atoms with van der Waals surface area (Å²) >= 11 is 5.51. The number of hydrogen-bond donors (Lipinski definition) is 1. The van der Waals surface area contributed by atoms with Crippen LogP contribution in [-0.4, -0.2) is 7.05 Å². The van der Waals surface area contributed by atoms with Gasteiger partial charge < -0.3 is 5.32 Å². The lowest BCUT2D eigenvalue weighted by Crippen LogP contribution is -2.30. The summed E-state index contributed by atoms with van der Waals surface area (Å²) < 4.78 is 27.0. The predicted molar refractivity (Wildman–Crippen MR) is 62.6 cm³/mol. The molecule has 1 nitrogen and oxygen atoms in total. The molecule has 0 saturated heterocycles. The van der Waals surface area contributed by atoms with Crippen LogP contribution >= 0.6 is 11.6 Å². The number of nitrogens with one attached hydrogen (secondary N) is 1. The molecule has 0 heterocycles. The Kier molecular flexibility index (Phi) is 3.92. The molecule has 1 rings (SSSR count). The van der Waals surface area contributed by atoms with E-state index in [9.17, 15) is 8.78 Å². The lowest BCUT2D eigenvalue weighted by Gasteiger charge is -2.31. The van der Waals surface area contributed by atoms with Crippen molar-refractivity contribution < 1.29 is 8.78 Å². The van der Waals surface area contributed by atoms with Crippen molar-refractivity contribution in [1.82, 2.24) is 5.32 Å². The van der Waals surface area contributed by atoms with Crippen molar-refractivity contribution in [3.05, 3.63) is 34.4 Å². The second-order valence-corrected chi connectivity index (χ2v) is 5.28. The molecule has 1 atom stereocenters. The number of rotatable bonds is 2. The fraction of sp³-hybridized carbons (Fsp3) is 0.500. The van der Waals surface area contributed by atoms with Crippen LogP contribution < -0.4 is 5.32 Å².